The van der Waals surface area contributed by atoms with Gasteiger partial charge in [0.1, 0.15) is 0 Å². The van der Waals surface area contributed by atoms with E-state index in [9.17, 15) is 4.79 Å². The van der Waals surface area contributed by atoms with E-state index in [1.807, 2.05) is 66.3 Å². The molecule has 1 aromatic carbocycles. The van der Waals surface area contributed by atoms with Crippen molar-refractivity contribution in [2.75, 3.05) is 6.54 Å². The van der Waals surface area contributed by atoms with Crippen LogP contribution in [0.1, 0.15) is 35.8 Å². The van der Waals surface area contributed by atoms with E-state index in [1.54, 1.807) is 0 Å². The van der Waals surface area contributed by atoms with Gasteiger partial charge in [0.2, 0.25) is 5.78 Å². The highest BCUT2D eigenvalue weighted by Gasteiger charge is 2.32. The lowest BCUT2D eigenvalue weighted by Crippen LogP contribution is -2.51. The van der Waals surface area contributed by atoms with Gasteiger partial charge in [0, 0.05) is 24.2 Å². The molecule has 0 unspecified atom stereocenters. The highest BCUT2D eigenvalue weighted by Crippen LogP contribution is 2.12. The fourth-order valence-corrected chi connectivity index (χ4v) is 2.68. The van der Waals surface area contributed by atoms with Crippen LogP contribution in [-0.2, 0) is 6.42 Å². The molecular formula is C18H21N2OS+. The normalized spacial score (nSPS) is 11.7. The van der Waals surface area contributed by atoms with Gasteiger partial charge in [-0.15, -0.1) is 0 Å². The molecule has 0 spiro atoms. The molecule has 0 saturated carbocycles. The van der Waals surface area contributed by atoms with E-state index in [0.717, 1.165) is 6.42 Å². The zero-order chi connectivity index (χ0) is 15.9. The number of carbonyl (C=O) groups excluding carboxylic acids is 1. The number of pyridine rings is 1. The Morgan fingerprint density at radius 2 is 1.77 bits per heavy atom. The molecule has 0 aliphatic carbocycles. The number of nitrogens with one attached hydrogen (secondary N) is 1. The molecular weight excluding hydrogens is 292 g/mol. The van der Waals surface area contributed by atoms with Crippen LogP contribution in [0.3, 0.4) is 0 Å². The Morgan fingerprint density at radius 1 is 1.14 bits per heavy atom. The SMILES string of the molecule is CCNC(=S)[C@H](C(=O)c1ccc(CC)cc1)[n+]1ccccc1. The summed E-state index contributed by atoms with van der Waals surface area (Å²) in [6, 6.07) is 13.0. The van der Waals surface area contributed by atoms with Gasteiger partial charge in [0.25, 0.3) is 6.04 Å². The molecule has 0 aliphatic rings. The third-order valence-corrected chi connectivity index (χ3v) is 3.90. The van der Waals surface area contributed by atoms with Gasteiger partial charge in [-0.2, -0.15) is 4.57 Å². The molecule has 3 nitrogen and oxygen atoms in total. The van der Waals surface area contributed by atoms with Gasteiger partial charge in [0.15, 0.2) is 17.4 Å². The zero-order valence-corrected chi connectivity index (χ0v) is 13.8. The Hall–Kier alpha value is -2.07. The molecule has 2 rings (SSSR count). The molecule has 22 heavy (non-hydrogen) atoms. The first-order chi connectivity index (χ1) is 10.7. The zero-order valence-electron chi connectivity index (χ0n) is 13.0. The van der Waals surface area contributed by atoms with E-state index in [4.69, 9.17) is 12.2 Å². The third-order valence-electron chi connectivity index (χ3n) is 3.53. The minimum absolute atomic E-state index is 0.00445. The van der Waals surface area contributed by atoms with Crippen molar-refractivity contribution >= 4 is 23.0 Å². The third kappa shape index (κ3) is 3.77. The molecule has 0 saturated heterocycles. The van der Waals surface area contributed by atoms with E-state index in [-0.39, 0.29) is 5.78 Å². The van der Waals surface area contributed by atoms with Crippen molar-refractivity contribution < 1.29 is 9.36 Å². The summed E-state index contributed by atoms with van der Waals surface area (Å²) in [5.74, 6) is 0.00445. The first kappa shape index (κ1) is 16.3. The van der Waals surface area contributed by atoms with Crippen LogP contribution in [-0.4, -0.2) is 17.3 Å². The average molecular weight is 313 g/mol. The molecule has 114 valence electrons. The van der Waals surface area contributed by atoms with Crippen LogP contribution in [0.2, 0.25) is 0 Å². The summed E-state index contributed by atoms with van der Waals surface area (Å²) in [4.78, 5) is 13.5. The Morgan fingerprint density at radius 3 is 2.32 bits per heavy atom. The van der Waals surface area contributed by atoms with Crippen LogP contribution in [0.25, 0.3) is 0 Å². The summed E-state index contributed by atoms with van der Waals surface area (Å²) >= 11 is 5.43. The molecule has 1 heterocycles. The predicted molar refractivity (Wildman–Crippen MR) is 92.1 cm³/mol. The number of aryl methyl sites for hydroxylation is 1. The van der Waals surface area contributed by atoms with E-state index in [0.29, 0.717) is 17.1 Å². The fraction of sp³-hybridized carbons (Fsp3) is 0.278. The maximum absolute atomic E-state index is 12.9. The number of hydrogen-bond donors (Lipinski definition) is 1. The number of aromatic nitrogens is 1. The van der Waals surface area contributed by atoms with Gasteiger partial charge in [-0.3, -0.25) is 4.79 Å². The molecule has 1 N–H and O–H groups in total. The van der Waals surface area contributed by atoms with Crippen LogP contribution in [0.4, 0.5) is 0 Å². The minimum atomic E-state index is -0.511. The standard InChI is InChI=1S/C18H20N2OS/c1-3-14-8-10-15(11-9-14)17(21)16(18(22)19-4-2)20-12-6-5-7-13-20/h5-13,16H,3-4H2,1-2H3/p+1/t16-/m0/s1. The van der Waals surface area contributed by atoms with Gasteiger partial charge >= 0.3 is 0 Å². The topological polar surface area (TPSA) is 33.0 Å². The lowest BCUT2D eigenvalue weighted by molar-refractivity contribution is -0.692. The van der Waals surface area contributed by atoms with Crippen LogP contribution in [0.15, 0.2) is 54.9 Å². The highest BCUT2D eigenvalue weighted by molar-refractivity contribution is 7.80. The molecule has 2 aromatic rings. The number of rotatable bonds is 6. The highest BCUT2D eigenvalue weighted by atomic mass is 32.1. The first-order valence-corrected chi connectivity index (χ1v) is 7.94. The number of likely N-dealkylation sites (N-methyl/N-ethyl adjacent to an activating group) is 1. The Balaban J connectivity index is 2.35. The van der Waals surface area contributed by atoms with Crippen LogP contribution in [0, 0.1) is 0 Å². The number of hydrogen-bond acceptors (Lipinski definition) is 2. The number of benzene rings is 1. The molecule has 0 aliphatic heterocycles. The largest absolute Gasteiger partial charge is 0.374 e. The molecule has 0 bridgehead atoms. The van der Waals surface area contributed by atoms with Crippen molar-refractivity contribution in [3.05, 3.63) is 66.0 Å². The number of thiocarbonyl (C=S) groups is 1. The lowest BCUT2D eigenvalue weighted by atomic mass is 10.0. The van der Waals surface area contributed by atoms with E-state index < -0.39 is 6.04 Å². The smallest absolute Gasteiger partial charge is 0.270 e. The van der Waals surface area contributed by atoms with Crippen molar-refractivity contribution in [2.45, 2.75) is 26.3 Å². The summed E-state index contributed by atoms with van der Waals surface area (Å²) in [7, 11) is 0. The van der Waals surface area contributed by atoms with Gasteiger partial charge in [-0.05, 0) is 18.9 Å². The van der Waals surface area contributed by atoms with E-state index >= 15 is 0 Å². The average Bonchev–Trinajstić information content (AvgIpc) is 2.56. The van der Waals surface area contributed by atoms with Crippen molar-refractivity contribution in [3.8, 4) is 0 Å². The monoisotopic (exact) mass is 313 g/mol. The second-order valence-corrected chi connectivity index (χ2v) is 5.47. The second-order valence-electron chi connectivity index (χ2n) is 5.03. The van der Waals surface area contributed by atoms with Crippen molar-refractivity contribution in [1.82, 2.24) is 5.32 Å². The van der Waals surface area contributed by atoms with E-state index in [1.165, 1.54) is 5.56 Å². The molecule has 0 fully saturated rings. The Kier molecular flexibility index (Phi) is 5.78. The van der Waals surface area contributed by atoms with Gasteiger partial charge in [-0.25, -0.2) is 0 Å². The quantitative estimate of drug-likeness (QED) is 0.506. The van der Waals surface area contributed by atoms with Crippen molar-refractivity contribution in [1.29, 1.82) is 0 Å². The van der Waals surface area contributed by atoms with Crippen molar-refractivity contribution in [2.24, 2.45) is 0 Å². The first-order valence-electron chi connectivity index (χ1n) is 7.54. The maximum Gasteiger partial charge on any atom is 0.270 e. The Bertz CT molecular complexity index is 638. The predicted octanol–water partition coefficient (Wildman–Crippen LogP) is 2.90. The maximum atomic E-state index is 12.9. The van der Waals surface area contributed by atoms with E-state index in [2.05, 4.69) is 12.2 Å². The molecule has 1 atom stereocenters. The summed E-state index contributed by atoms with van der Waals surface area (Å²) < 4.78 is 1.85. The second kappa shape index (κ2) is 7.80. The van der Waals surface area contributed by atoms with Crippen LogP contribution >= 0.6 is 12.2 Å². The van der Waals surface area contributed by atoms with Gasteiger partial charge in [0.05, 0.1) is 0 Å². The van der Waals surface area contributed by atoms with Gasteiger partial charge < -0.3 is 5.32 Å². The van der Waals surface area contributed by atoms with Crippen LogP contribution < -0.4 is 9.88 Å². The molecule has 4 heteroatoms. The lowest BCUT2D eigenvalue weighted by Gasteiger charge is -2.14. The molecule has 0 radical (unpaired) electrons. The van der Waals surface area contributed by atoms with Crippen molar-refractivity contribution in [3.63, 3.8) is 0 Å². The summed E-state index contributed by atoms with van der Waals surface area (Å²) in [5.41, 5.74) is 1.90. The summed E-state index contributed by atoms with van der Waals surface area (Å²) in [6.07, 6.45) is 4.69. The number of nitrogens with zero attached hydrogens (tertiary/aromatic N) is 1. The van der Waals surface area contributed by atoms with Gasteiger partial charge in [-0.1, -0.05) is 49.5 Å². The number of ketones is 1. The Labute approximate surface area is 137 Å². The minimum Gasteiger partial charge on any atom is -0.374 e. The summed E-state index contributed by atoms with van der Waals surface area (Å²) in [5, 5.41) is 3.11. The fourth-order valence-electron chi connectivity index (χ4n) is 2.31. The summed E-state index contributed by atoms with van der Waals surface area (Å²) in [6.45, 7) is 4.77. The molecule has 0 amide bonds. The van der Waals surface area contributed by atoms with Crippen LogP contribution in [0.5, 0.6) is 0 Å². The number of Topliss-reactive ketones (excluding diaryl/α,β-unsaturated/α-hetero) is 1. The number of carbonyl (C=O) groups is 1. The molecule has 1 aromatic heterocycles.